The second-order valence-electron chi connectivity index (χ2n) is 4.39. The second-order valence-corrected chi connectivity index (χ2v) is 8.74. The Morgan fingerprint density at radius 3 is 2.33 bits per heavy atom. The predicted molar refractivity (Wildman–Crippen MR) is 82.0 cm³/mol. The van der Waals surface area contributed by atoms with Crippen molar-refractivity contribution in [1.29, 1.82) is 0 Å². The third kappa shape index (κ3) is 4.94. The van der Waals surface area contributed by atoms with Crippen LogP contribution in [0.25, 0.3) is 0 Å². The normalized spacial score (nSPS) is 15.6. The molecule has 0 amide bonds. The highest BCUT2D eigenvalue weighted by Gasteiger charge is 2.23. The number of benzene rings is 1. The Morgan fingerprint density at radius 2 is 1.86 bits per heavy atom. The van der Waals surface area contributed by atoms with Gasteiger partial charge in [0.1, 0.15) is 0 Å². The first-order valence-electron chi connectivity index (χ1n) is 5.90. The van der Waals surface area contributed by atoms with E-state index in [1.54, 1.807) is 13.2 Å². The molecule has 21 heavy (non-hydrogen) atoms. The van der Waals surface area contributed by atoms with Gasteiger partial charge >= 0.3 is 0 Å². The Bertz CT molecular complexity index is 684. The number of thioether (sulfide) groups is 1. The highest BCUT2D eigenvalue weighted by atomic mass is 32.2. The molecule has 0 saturated carbocycles. The van der Waals surface area contributed by atoms with E-state index in [1.165, 1.54) is 30.0 Å². The van der Waals surface area contributed by atoms with Crippen molar-refractivity contribution in [2.75, 3.05) is 12.9 Å². The van der Waals surface area contributed by atoms with Gasteiger partial charge in [0.15, 0.2) is 0 Å². The fourth-order valence-electron chi connectivity index (χ4n) is 1.64. The number of aliphatic hydroxyl groups excluding tert-OH is 1. The Hall–Kier alpha value is -0.650. The molecule has 0 bridgehead atoms. The number of hydrogen-bond donors (Lipinski definition) is 3. The van der Waals surface area contributed by atoms with Gasteiger partial charge in [0.25, 0.3) is 0 Å². The van der Waals surface area contributed by atoms with E-state index in [9.17, 15) is 16.8 Å². The lowest BCUT2D eigenvalue weighted by Gasteiger charge is -2.21. The van der Waals surface area contributed by atoms with Crippen molar-refractivity contribution < 1.29 is 21.9 Å². The largest absolute Gasteiger partial charge is 0.395 e. The third-order valence-corrected chi connectivity index (χ3v) is 6.46. The Morgan fingerprint density at radius 1 is 1.29 bits per heavy atom. The average molecular weight is 354 g/mol. The molecular formula is C11H18N2O5S3. The molecule has 2 unspecified atom stereocenters. The number of nitrogens with two attached hydrogens (primary N) is 1. The molecular weight excluding hydrogens is 336 g/mol. The van der Waals surface area contributed by atoms with E-state index in [1.807, 2.05) is 0 Å². The van der Waals surface area contributed by atoms with Crippen molar-refractivity contribution in [2.24, 2.45) is 5.14 Å². The summed E-state index contributed by atoms with van der Waals surface area (Å²) in [5.41, 5.74) is 0. The summed E-state index contributed by atoms with van der Waals surface area (Å²) in [6.45, 7) is 1.44. The summed E-state index contributed by atoms with van der Waals surface area (Å²) >= 11 is 1.33. The fraction of sp³-hybridized carbons (Fsp3) is 0.455. The van der Waals surface area contributed by atoms with Gasteiger partial charge in [0, 0.05) is 11.3 Å². The van der Waals surface area contributed by atoms with E-state index in [0.717, 1.165) is 6.07 Å². The molecule has 0 spiro atoms. The SMILES string of the molecule is CSC(CO)C(C)NS(=O)(=O)c1cccc(S(N)(=O)=O)c1. The molecule has 0 aliphatic rings. The van der Waals surface area contributed by atoms with Gasteiger partial charge in [0.05, 0.1) is 16.4 Å². The van der Waals surface area contributed by atoms with E-state index in [2.05, 4.69) is 4.72 Å². The maximum atomic E-state index is 12.2. The molecule has 0 heterocycles. The summed E-state index contributed by atoms with van der Waals surface area (Å²) in [5.74, 6) is 0. The molecule has 0 saturated heterocycles. The van der Waals surface area contributed by atoms with E-state index in [4.69, 9.17) is 10.2 Å². The monoisotopic (exact) mass is 354 g/mol. The van der Waals surface area contributed by atoms with Gasteiger partial charge in [-0.25, -0.2) is 26.7 Å². The lowest BCUT2D eigenvalue weighted by molar-refractivity contribution is 0.282. The molecule has 7 nitrogen and oxygen atoms in total. The molecule has 0 aromatic heterocycles. The van der Waals surface area contributed by atoms with Crippen molar-refractivity contribution in [3.63, 3.8) is 0 Å². The van der Waals surface area contributed by atoms with Crippen LogP contribution >= 0.6 is 11.8 Å². The van der Waals surface area contributed by atoms with Crippen LogP contribution in [0.3, 0.4) is 0 Å². The minimum atomic E-state index is -3.98. The van der Waals surface area contributed by atoms with E-state index in [-0.39, 0.29) is 21.6 Å². The molecule has 0 radical (unpaired) electrons. The van der Waals surface area contributed by atoms with E-state index < -0.39 is 26.1 Å². The smallest absolute Gasteiger partial charge is 0.240 e. The summed E-state index contributed by atoms with van der Waals surface area (Å²) in [4.78, 5) is -0.472. The molecule has 0 aliphatic heterocycles. The first-order valence-corrected chi connectivity index (χ1v) is 10.2. The first kappa shape index (κ1) is 18.4. The predicted octanol–water partition coefficient (Wildman–Crippen LogP) is -0.275. The van der Waals surface area contributed by atoms with Gasteiger partial charge in [-0.05, 0) is 31.4 Å². The van der Waals surface area contributed by atoms with Crippen molar-refractivity contribution in [3.8, 4) is 0 Å². The van der Waals surface area contributed by atoms with Crippen molar-refractivity contribution in [1.82, 2.24) is 4.72 Å². The van der Waals surface area contributed by atoms with Crippen LogP contribution in [0.15, 0.2) is 34.1 Å². The Balaban J connectivity index is 3.09. The van der Waals surface area contributed by atoms with Gasteiger partial charge < -0.3 is 5.11 Å². The minimum Gasteiger partial charge on any atom is -0.395 e. The van der Waals surface area contributed by atoms with Gasteiger partial charge in [0.2, 0.25) is 20.0 Å². The van der Waals surface area contributed by atoms with Crippen LogP contribution in [-0.2, 0) is 20.0 Å². The zero-order chi connectivity index (χ0) is 16.3. The van der Waals surface area contributed by atoms with Gasteiger partial charge in [-0.15, -0.1) is 0 Å². The molecule has 2 atom stereocenters. The van der Waals surface area contributed by atoms with E-state index >= 15 is 0 Å². The van der Waals surface area contributed by atoms with Crippen molar-refractivity contribution in [3.05, 3.63) is 24.3 Å². The fourth-order valence-corrected chi connectivity index (χ4v) is 4.32. The quantitative estimate of drug-likeness (QED) is 0.618. The number of nitrogens with one attached hydrogen (secondary N) is 1. The lowest BCUT2D eigenvalue weighted by Crippen LogP contribution is -2.41. The number of rotatable bonds is 7. The Labute approximate surface area is 129 Å². The van der Waals surface area contributed by atoms with Crippen LogP contribution in [0.4, 0.5) is 0 Å². The number of sulfonamides is 2. The zero-order valence-electron chi connectivity index (χ0n) is 11.6. The minimum absolute atomic E-state index is 0.178. The molecule has 0 fully saturated rings. The third-order valence-electron chi connectivity index (χ3n) is 2.83. The molecule has 1 aromatic rings. The highest BCUT2D eigenvalue weighted by molar-refractivity contribution is 7.99. The van der Waals surface area contributed by atoms with Crippen LogP contribution in [-0.4, -0.2) is 46.1 Å². The Kier molecular flexibility index (Phi) is 6.20. The first-order chi connectivity index (χ1) is 9.61. The number of hydrogen-bond acceptors (Lipinski definition) is 6. The van der Waals surface area contributed by atoms with Crippen LogP contribution < -0.4 is 9.86 Å². The highest BCUT2D eigenvalue weighted by Crippen LogP contribution is 2.17. The molecule has 1 aromatic carbocycles. The molecule has 1 rings (SSSR count). The summed E-state index contributed by atoms with van der Waals surface area (Å²) < 4.78 is 49.4. The summed E-state index contributed by atoms with van der Waals surface area (Å²) in [5, 5.41) is 13.8. The summed E-state index contributed by atoms with van der Waals surface area (Å²) in [7, 11) is -7.88. The van der Waals surface area contributed by atoms with Crippen LogP contribution in [0, 0.1) is 0 Å². The topological polar surface area (TPSA) is 127 Å². The lowest BCUT2D eigenvalue weighted by atomic mass is 10.3. The van der Waals surface area contributed by atoms with Gasteiger partial charge in [-0.3, -0.25) is 0 Å². The summed E-state index contributed by atoms with van der Waals surface area (Å²) in [6.07, 6.45) is 1.76. The molecule has 10 heteroatoms. The zero-order valence-corrected chi connectivity index (χ0v) is 14.0. The average Bonchev–Trinajstić information content (AvgIpc) is 2.38. The number of primary sulfonamides is 1. The van der Waals surface area contributed by atoms with Gasteiger partial charge in [-0.2, -0.15) is 11.8 Å². The standard InChI is InChI=1S/C11H18N2O5S3/c1-8(11(7-14)19-2)13-21(17,18)10-5-3-4-9(6-10)20(12,15)16/h3-6,8,11,13-14H,7H2,1-2H3,(H2,12,15,16). The van der Waals surface area contributed by atoms with Crippen LogP contribution in [0.1, 0.15) is 6.92 Å². The van der Waals surface area contributed by atoms with Crippen molar-refractivity contribution in [2.45, 2.75) is 28.0 Å². The molecule has 120 valence electrons. The summed E-state index contributed by atoms with van der Waals surface area (Å²) in [6, 6.07) is 4.27. The maximum absolute atomic E-state index is 12.2. The van der Waals surface area contributed by atoms with Gasteiger partial charge in [-0.1, -0.05) is 6.07 Å². The molecule has 0 aliphatic carbocycles. The second kappa shape index (κ2) is 7.07. The van der Waals surface area contributed by atoms with Crippen LogP contribution in [0.2, 0.25) is 0 Å². The van der Waals surface area contributed by atoms with Crippen LogP contribution in [0.5, 0.6) is 0 Å². The van der Waals surface area contributed by atoms with E-state index in [0.29, 0.717) is 0 Å². The molecule has 4 N–H and O–H groups in total. The van der Waals surface area contributed by atoms with Crippen molar-refractivity contribution >= 4 is 31.8 Å². The maximum Gasteiger partial charge on any atom is 0.240 e. The number of aliphatic hydroxyl groups is 1.